The van der Waals surface area contributed by atoms with Crippen LogP contribution in [0.5, 0.6) is 0 Å². The van der Waals surface area contributed by atoms with Crippen LogP contribution in [0.1, 0.15) is 53.0 Å². The van der Waals surface area contributed by atoms with Gasteiger partial charge < -0.3 is 14.5 Å². The number of nitrogens with one attached hydrogen (secondary N) is 1. The predicted molar refractivity (Wildman–Crippen MR) is 67.6 cm³/mol. The first-order valence-corrected chi connectivity index (χ1v) is 5.98. The van der Waals surface area contributed by atoms with E-state index in [1.807, 2.05) is 20.8 Å². The second kappa shape index (κ2) is 5.19. The van der Waals surface area contributed by atoms with Gasteiger partial charge in [-0.25, -0.2) is 4.98 Å². The number of aromatic nitrogens is 1. The number of rotatable bonds is 4. The van der Waals surface area contributed by atoms with E-state index in [1.165, 1.54) is 6.39 Å². The van der Waals surface area contributed by atoms with Crippen molar-refractivity contribution < 1.29 is 9.15 Å². The normalized spacial score (nSPS) is 13.1. The molecule has 0 unspecified atom stereocenters. The molecule has 0 spiro atoms. The van der Waals surface area contributed by atoms with E-state index in [0.29, 0.717) is 13.2 Å². The SMILES string of the molecule is CC(C)(C)NCc1ncoc1COC(C)(C)C. The van der Waals surface area contributed by atoms with Gasteiger partial charge in [0.25, 0.3) is 0 Å². The highest BCUT2D eigenvalue weighted by Crippen LogP contribution is 2.15. The molecule has 0 aliphatic rings. The fraction of sp³-hybridized carbons (Fsp3) is 0.769. The van der Waals surface area contributed by atoms with Crippen LogP contribution >= 0.6 is 0 Å². The van der Waals surface area contributed by atoms with E-state index < -0.39 is 0 Å². The Morgan fingerprint density at radius 3 is 2.41 bits per heavy atom. The van der Waals surface area contributed by atoms with E-state index in [4.69, 9.17) is 9.15 Å². The van der Waals surface area contributed by atoms with Crippen LogP contribution in [0.4, 0.5) is 0 Å². The van der Waals surface area contributed by atoms with E-state index >= 15 is 0 Å². The summed E-state index contributed by atoms with van der Waals surface area (Å²) in [5.41, 5.74) is 0.826. The van der Waals surface area contributed by atoms with Crippen LogP contribution in [0, 0.1) is 0 Å². The standard InChI is InChI=1S/C13H24N2O2/c1-12(2,3)15-7-10-11(16-9-14-10)8-17-13(4,5)6/h9,15H,7-8H2,1-6H3. The molecule has 4 heteroatoms. The second-order valence-electron chi connectivity index (χ2n) is 6.23. The average molecular weight is 240 g/mol. The van der Waals surface area contributed by atoms with E-state index in [1.54, 1.807) is 0 Å². The monoisotopic (exact) mass is 240 g/mol. The lowest BCUT2D eigenvalue weighted by molar-refractivity contribution is -0.0228. The minimum Gasteiger partial charge on any atom is -0.446 e. The van der Waals surface area contributed by atoms with E-state index in [0.717, 1.165) is 11.5 Å². The highest BCUT2D eigenvalue weighted by Gasteiger charge is 2.16. The molecular formula is C13H24N2O2. The van der Waals surface area contributed by atoms with Crippen LogP contribution in [-0.2, 0) is 17.9 Å². The molecular weight excluding hydrogens is 216 g/mol. The van der Waals surface area contributed by atoms with Gasteiger partial charge in [-0.3, -0.25) is 0 Å². The highest BCUT2D eigenvalue weighted by molar-refractivity contribution is 5.06. The Kier molecular flexibility index (Phi) is 4.33. The third kappa shape index (κ3) is 5.84. The quantitative estimate of drug-likeness (QED) is 0.879. The first kappa shape index (κ1) is 14.2. The van der Waals surface area contributed by atoms with E-state index in [2.05, 4.69) is 31.1 Å². The Bertz CT molecular complexity index is 313. The molecule has 0 aliphatic carbocycles. The fourth-order valence-electron chi connectivity index (χ4n) is 1.19. The summed E-state index contributed by atoms with van der Waals surface area (Å²) in [7, 11) is 0. The summed E-state index contributed by atoms with van der Waals surface area (Å²) in [6, 6.07) is 0. The molecule has 0 amide bonds. The Morgan fingerprint density at radius 1 is 1.24 bits per heavy atom. The largest absolute Gasteiger partial charge is 0.446 e. The minimum absolute atomic E-state index is 0.0705. The van der Waals surface area contributed by atoms with Crippen LogP contribution in [0.15, 0.2) is 10.8 Å². The minimum atomic E-state index is -0.165. The van der Waals surface area contributed by atoms with E-state index in [9.17, 15) is 0 Å². The van der Waals surface area contributed by atoms with Crippen LogP contribution in [0.2, 0.25) is 0 Å². The number of ether oxygens (including phenoxy) is 1. The molecule has 17 heavy (non-hydrogen) atoms. The number of hydrogen-bond donors (Lipinski definition) is 1. The molecule has 0 radical (unpaired) electrons. The third-order valence-corrected chi connectivity index (χ3v) is 2.15. The van der Waals surface area contributed by atoms with Gasteiger partial charge in [-0.05, 0) is 41.5 Å². The molecule has 0 aromatic carbocycles. The van der Waals surface area contributed by atoms with Gasteiger partial charge in [0.15, 0.2) is 12.2 Å². The maximum absolute atomic E-state index is 5.68. The Labute approximate surface area is 104 Å². The van der Waals surface area contributed by atoms with Crippen LogP contribution < -0.4 is 5.32 Å². The van der Waals surface area contributed by atoms with Gasteiger partial charge in [-0.2, -0.15) is 0 Å². The molecule has 0 saturated heterocycles. The first-order valence-electron chi connectivity index (χ1n) is 5.98. The molecule has 0 atom stereocenters. The summed E-state index contributed by atoms with van der Waals surface area (Å²) < 4.78 is 11.0. The molecule has 1 aromatic heterocycles. The van der Waals surface area contributed by atoms with Gasteiger partial charge in [0, 0.05) is 12.1 Å². The lowest BCUT2D eigenvalue weighted by Gasteiger charge is -2.21. The molecule has 0 aliphatic heterocycles. The van der Waals surface area contributed by atoms with Crippen molar-refractivity contribution in [3.05, 3.63) is 17.8 Å². The maximum atomic E-state index is 5.68. The van der Waals surface area contributed by atoms with Crippen molar-refractivity contribution >= 4 is 0 Å². The lowest BCUT2D eigenvalue weighted by atomic mass is 10.1. The summed E-state index contributed by atoms with van der Waals surface area (Å²) in [5.74, 6) is 0.802. The number of hydrogen-bond acceptors (Lipinski definition) is 4. The summed E-state index contributed by atoms with van der Waals surface area (Å²) >= 11 is 0. The fourth-order valence-corrected chi connectivity index (χ4v) is 1.19. The van der Waals surface area contributed by atoms with Crippen molar-refractivity contribution in [2.45, 2.75) is 65.8 Å². The highest BCUT2D eigenvalue weighted by atomic mass is 16.5. The van der Waals surface area contributed by atoms with E-state index in [-0.39, 0.29) is 11.1 Å². The zero-order valence-electron chi connectivity index (χ0n) is 11.8. The number of oxazole rings is 1. The van der Waals surface area contributed by atoms with Gasteiger partial charge in [0.1, 0.15) is 6.61 Å². The first-order chi connectivity index (χ1) is 7.67. The topological polar surface area (TPSA) is 47.3 Å². The van der Waals surface area contributed by atoms with Gasteiger partial charge >= 0.3 is 0 Å². The molecule has 1 N–H and O–H groups in total. The smallest absolute Gasteiger partial charge is 0.181 e. The Balaban J connectivity index is 2.54. The molecule has 98 valence electrons. The summed E-state index contributed by atoms with van der Waals surface area (Å²) in [6.07, 6.45) is 1.47. The van der Waals surface area contributed by atoms with Crippen LogP contribution in [-0.4, -0.2) is 16.1 Å². The van der Waals surface area contributed by atoms with Gasteiger partial charge in [0.2, 0.25) is 0 Å². The van der Waals surface area contributed by atoms with Crippen molar-refractivity contribution in [3.8, 4) is 0 Å². The van der Waals surface area contributed by atoms with Crippen molar-refractivity contribution in [2.24, 2.45) is 0 Å². The van der Waals surface area contributed by atoms with Crippen molar-refractivity contribution in [2.75, 3.05) is 0 Å². The predicted octanol–water partition coefficient (Wildman–Crippen LogP) is 2.88. The molecule has 1 heterocycles. The lowest BCUT2D eigenvalue weighted by Crippen LogP contribution is -2.35. The van der Waals surface area contributed by atoms with Crippen molar-refractivity contribution in [3.63, 3.8) is 0 Å². The van der Waals surface area contributed by atoms with Crippen LogP contribution in [0.3, 0.4) is 0 Å². The zero-order valence-corrected chi connectivity index (χ0v) is 11.8. The molecule has 0 fully saturated rings. The Morgan fingerprint density at radius 2 is 1.88 bits per heavy atom. The molecule has 0 saturated carbocycles. The molecule has 1 aromatic rings. The van der Waals surface area contributed by atoms with Gasteiger partial charge in [0.05, 0.1) is 11.3 Å². The number of nitrogens with zero attached hydrogens (tertiary/aromatic N) is 1. The average Bonchev–Trinajstić information content (AvgIpc) is 2.56. The Hall–Kier alpha value is -0.870. The summed E-state index contributed by atoms with van der Waals surface area (Å²) in [5, 5.41) is 3.38. The second-order valence-corrected chi connectivity index (χ2v) is 6.23. The summed E-state index contributed by atoms with van der Waals surface area (Å²) in [4.78, 5) is 4.21. The molecule has 1 rings (SSSR count). The molecule has 4 nitrogen and oxygen atoms in total. The van der Waals surface area contributed by atoms with Gasteiger partial charge in [-0.15, -0.1) is 0 Å². The molecule has 0 bridgehead atoms. The zero-order chi connectivity index (χ0) is 13.1. The summed E-state index contributed by atoms with van der Waals surface area (Å²) in [6.45, 7) is 13.6. The maximum Gasteiger partial charge on any atom is 0.181 e. The van der Waals surface area contributed by atoms with Crippen LogP contribution in [0.25, 0.3) is 0 Å². The van der Waals surface area contributed by atoms with Gasteiger partial charge in [-0.1, -0.05) is 0 Å². The van der Waals surface area contributed by atoms with Crippen molar-refractivity contribution in [1.29, 1.82) is 0 Å². The van der Waals surface area contributed by atoms with Crippen molar-refractivity contribution in [1.82, 2.24) is 10.3 Å². The third-order valence-electron chi connectivity index (χ3n) is 2.15.